The molecule has 2 atom stereocenters. The fourth-order valence-electron chi connectivity index (χ4n) is 2.84. The molecule has 1 aliphatic heterocycles. The number of rotatable bonds is 2. The normalized spacial score (nSPS) is 36.6. The zero-order valence-electron chi connectivity index (χ0n) is 7.98. The van der Waals surface area contributed by atoms with Crippen molar-refractivity contribution in [3.63, 3.8) is 0 Å². The highest BCUT2D eigenvalue weighted by Gasteiger charge is 2.53. The summed E-state index contributed by atoms with van der Waals surface area (Å²) in [5.41, 5.74) is -0.688. The largest absolute Gasteiger partial charge is 0.481 e. The smallest absolute Gasteiger partial charge is 0.311 e. The summed E-state index contributed by atoms with van der Waals surface area (Å²) in [7, 11) is 0. The second-order valence-corrected chi connectivity index (χ2v) is 4.33. The lowest BCUT2D eigenvalue weighted by Gasteiger charge is -2.33. The van der Waals surface area contributed by atoms with Gasteiger partial charge in [-0.1, -0.05) is 12.8 Å². The number of carbonyl (C=O) groups is 1. The SMILES string of the molecule is O=NN1CC2CCCCC2(C(=O)O)C1. The van der Waals surface area contributed by atoms with Gasteiger partial charge in [-0.2, -0.15) is 0 Å². The molecule has 0 spiro atoms. The second kappa shape index (κ2) is 3.22. The Morgan fingerprint density at radius 1 is 1.50 bits per heavy atom. The third kappa shape index (κ3) is 1.19. The van der Waals surface area contributed by atoms with E-state index in [-0.39, 0.29) is 5.92 Å². The van der Waals surface area contributed by atoms with Crippen LogP contribution in [0.2, 0.25) is 0 Å². The van der Waals surface area contributed by atoms with Crippen LogP contribution >= 0.6 is 0 Å². The number of carboxylic acid groups (broad SMARTS) is 1. The summed E-state index contributed by atoms with van der Waals surface area (Å²) in [6, 6.07) is 0. The van der Waals surface area contributed by atoms with Gasteiger partial charge in [-0.05, 0) is 18.8 Å². The van der Waals surface area contributed by atoms with Gasteiger partial charge < -0.3 is 5.11 Å². The van der Waals surface area contributed by atoms with Crippen molar-refractivity contribution in [3.05, 3.63) is 4.91 Å². The molecule has 2 unspecified atom stereocenters. The molecule has 0 aromatic heterocycles. The number of nitrogens with zero attached hydrogens (tertiary/aromatic N) is 2. The van der Waals surface area contributed by atoms with Crippen LogP contribution < -0.4 is 0 Å². The highest BCUT2D eigenvalue weighted by molar-refractivity contribution is 5.76. The number of carboxylic acids is 1. The van der Waals surface area contributed by atoms with Gasteiger partial charge in [0.05, 0.1) is 17.2 Å². The summed E-state index contributed by atoms with van der Waals surface area (Å²) >= 11 is 0. The minimum absolute atomic E-state index is 0.117. The molecule has 1 heterocycles. The molecule has 2 rings (SSSR count). The van der Waals surface area contributed by atoms with Crippen molar-refractivity contribution < 1.29 is 9.90 Å². The first-order chi connectivity index (χ1) is 6.69. The lowest BCUT2D eigenvalue weighted by Crippen LogP contribution is -2.40. The van der Waals surface area contributed by atoms with E-state index in [9.17, 15) is 14.8 Å². The minimum Gasteiger partial charge on any atom is -0.481 e. The molecule has 2 aliphatic rings. The highest BCUT2D eigenvalue weighted by Crippen LogP contribution is 2.46. The molecule has 0 radical (unpaired) electrons. The van der Waals surface area contributed by atoms with Gasteiger partial charge in [-0.3, -0.25) is 9.80 Å². The van der Waals surface area contributed by atoms with Gasteiger partial charge in [0.1, 0.15) is 0 Å². The van der Waals surface area contributed by atoms with E-state index in [1.165, 1.54) is 5.01 Å². The van der Waals surface area contributed by atoms with Crippen molar-refractivity contribution in [2.24, 2.45) is 16.6 Å². The molecule has 2 fully saturated rings. The van der Waals surface area contributed by atoms with Crippen LogP contribution in [0.15, 0.2) is 5.29 Å². The van der Waals surface area contributed by atoms with Gasteiger partial charge in [-0.15, -0.1) is 4.91 Å². The third-order valence-electron chi connectivity index (χ3n) is 3.64. The van der Waals surface area contributed by atoms with Crippen LogP contribution in [0.25, 0.3) is 0 Å². The van der Waals surface area contributed by atoms with Gasteiger partial charge in [0, 0.05) is 6.54 Å². The van der Waals surface area contributed by atoms with E-state index in [2.05, 4.69) is 5.29 Å². The second-order valence-electron chi connectivity index (χ2n) is 4.33. The minimum atomic E-state index is -0.756. The summed E-state index contributed by atoms with van der Waals surface area (Å²) in [5.74, 6) is -0.639. The molecule has 1 saturated heterocycles. The summed E-state index contributed by atoms with van der Waals surface area (Å²) < 4.78 is 0. The fourth-order valence-corrected chi connectivity index (χ4v) is 2.84. The van der Waals surface area contributed by atoms with Gasteiger partial charge in [0.25, 0.3) is 0 Å². The Labute approximate surface area is 82.0 Å². The molecule has 0 aromatic carbocycles. The average Bonchev–Trinajstić information content (AvgIpc) is 2.57. The van der Waals surface area contributed by atoms with Crippen LogP contribution in [0.5, 0.6) is 0 Å². The molecule has 14 heavy (non-hydrogen) atoms. The number of fused-ring (bicyclic) bond motifs is 1. The number of hydrogen-bond acceptors (Lipinski definition) is 3. The molecule has 5 heteroatoms. The van der Waals surface area contributed by atoms with Crippen molar-refractivity contribution in [1.29, 1.82) is 0 Å². The quantitative estimate of drug-likeness (QED) is 0.678. The summed E-state index contributed by atoms with van der Waals surface area (Å²) in [6.45, 7) is 0.826. The summed E-state index contributed by atoms with van der Waals surface area (Å²) in [5, 5.41) is 13.5. The first kappa shape index (κ1) is 9.43. The molecule has 1 aliphatic carbocycles. The molecular weight excluding hydrogens is 184 g/mol. The topological polar surface area (TPSA) is 70.0 Å². The lowest BCUT2D eigenvalue weighted by atomic mass is 9.68. The van der Waals surface area contributed by atoms with Crippen LogP contribution in [0.4, 0.5) is 0 Å². The number of nitroso groups, excluding NO2 is 1. The Hall–Kier alpha value is -1.13. The first-order valence-corrected chi connectivity index (χ1v) is 5.01. The lowest BCUT2D eigenvalue weighted by molar-refractivity contribution is -0.152. The van der Waals surface area contributed by atoms with Gasteiger partial charge in [-0.25, -0.2) is 0 Å². The van der Waals surface area contributed by atoms with Crippen LogP contribution in [0.1, 0.15) is 25.7 Å². The zero-order chi connectivity index (χ0) is 10.2. The maximum Gasteiger partial charge on any atom is 0.311 e. The number of hydrogen-bond donors (Lipinski definition) is 1. The van der Waals surface area contributed by atoms with Gasteiger partial charge in [0.2, 0.25) is 0 Å². The van der Waals surface area contributed by atoms with E-state index in [0.717, 1.165) is 19.3 Å². The van der Waals surface area contributed by atoms with Gasteiger partial charge >= 0.3 is 5.97 Å². The van der Waals surface area contributed by atoms with E-state index in [4.69, 9.17) is 0 Å². The zero-order valence-corrected chi connectivity index (χ0v) is 7.98. The molecule has 0 amide bonds. The predicted molar refractivity (Wildman–Crippen MR) is 49.4 cm³/mol. The Bertz CT molecular complexity index is 269. The monoisotopic (exact) mass is 198 g/mol. The molecule has 78 valence electrons. The Kier molecular flexibility index (Phi) is 2.17. The predicted octanol–water partition coefficient (Wildman–Crippen LogP) is 1.24. The molecule has 1 saturated carbocycles. The maximum absolute atomic E-state index is 11.2. The third-order valence-corrected chi connectivity index (χ3v) is 3.64. The summed E-state index contributed by atoms with van der Waals surface area (Å²) in [6.07, 6.45) is 3.64. The van der Waals surface area contributed by atoms with E-state index in [1.54, 1.807) is 0 Å². The molecule has 5 nitrogen and oxygen atoms in total. The van der Waals surface area contributed by atoms with Gasteiger partial charge in [0.15, 0.2) is 0 Å². The summed E-state index contributed by atoms with van der Waals surface area (Å²) in [4.78, 5) is 21.6. The maximum atomic E-state index is 11.2. The molecule has 0 aromatic rings. The van der Waals surface area contributed by atoms with E-state index in [1.807, 2.05) is 0 Å². The fraction of sp³-hybridized carbons (Fsp3) is 0.889. The van der Waals surface area contributed by atoms with Crippen molar-refractivity contribution in [1.82, 2.24) is 5.01 Å². The van der Waals surface area contributed by atoms with Crippen molar-refractivity contribution in [3.8, 4) is 0 Å². The van der Waals surface area contributed by atoms with E-state index < -0.39 is 11.4 Å². The first-order valence-electron chi connectivity index (χ1n) is 5.01. The Balaban J connectivity index is 2.24. The Morgan fingerprint density at radius 2 is 2.29 bits per heavy atom. The van der Waals surface area contributed by atoms with Crippen molar-refractivity contribution in [2.45, 2.75) is 25.7 Å². The van der Waals surface area contributed by atoms with Crippen molar-refractivity contribution in [2.75, 3.05) is 13.1 Å². The van der Waals surface area contributed by atoms with Crippen LogP contribution in [0, 0.1) is 16.2 Å². The van der Waals surface area contributed by atoms with Crippen LogP contribution in [-0.2, 0) is 4.79 Å². The molecular formula is C9H14N2O3. The van der Waals surface area contributed by atoms with Crippen LogP contribution in [-0.4, -0.2) is 29.2 Å². The highest BCUT2D eigenvalue weighted by atomic mass is 16.4. The number of aliphatic carboxylic acids is 1. The van der Waals surface area contributed by atoms with Crippen LogP contribution in [0.3, 0.4) is 0 Å². The molecule has 0 bridgehead atoms. The van der Waals surface area contributed by atoms with E-state index >= 15 is 0 Å². The average molecular weight is 198 g/mol. The van der Waals surface area contributed by atoms with E-state index in [0.29, 0.717) is 19.5 Å². The Morgan fingerprint density at radius 3 is 2.86 bits per heavy atom. The standard InChI is InChI=1S/C9H14N2O3/c12-8(13)9-4-2-1-3-7(9)5-11(6-9)10-14/h7H,1-6H2,(H,12,13). The van der Waals surface area contributed by atoms with Crippen molar-refractivity contribution >= 4 is 5.97 Å². The molecule has 1 N–H and O–H groups in total.